The predicted octanol–water partition coefficient (Wildman–Crippen LogP) is 0.613. The number of aromatic nitrogens is 1. The topological polar surface area (TPSA) is 79.6 Å². The zero-order valence-corrected chi connectivity index (χ0v) is 8.85. The number of carbonyl (C=O) groups is 3. The lowest BCUT2D eigenvalue weighted by Crippen LogP contribution is -2.35. The van der Waals surface area contributed by atoms with Crippen LogP contribution in [0.5, 0.6) is 0 Å². The summed E-state index contributed by atoms with van der Waals surface area (Å²) in [6.07, 6.45) is 0. The Hall–Kier alpha value is -2.11. The Bertz CT molecular complexity index is 479. The highest BCUT2D eigenvalue weighted by Gasteiger charge is 2.38. The number of aliphatic carboxylic acids is 1. The van der Waals surface area contributed by atoms with Crippen LogP contribution in [0, 0.1) is 13.8 Å². The maximum Gasteiger partial charge on any atom is 0.336 e. The minimum absolute atomic E-state index is 0.267. The first-order chi connectivity index (χ1) is 7.43. The molecule has 0 spiro atoms. The van der Waals surface area contributed by atoms with Crippen molar-refractivity contribution in [1.29, 1.82) is 0 Å². The molecule has 0 bridgehead atoms. The zero-order chi connectivity index (χ0) is 12.0. The van der Waals surface area contributed by atoms with Crippen molar-refractivity contribution >= 4 is 17.9 Å². The molecular formula is C10H10N2O4. The van der Waals surface area contributed by atoms with Gasteiger partial charge in [0.05, 0.1) is 0 Å². The molecule has 1 aliphatic heterocycles. The molecule has 2 amide bonds. The third-order valence-electron chi connectivity index (χ3n) is 2.54. The van der Waals surface area contributed by atoms with Gasteiger partial charge in [-0.1, -0.05) is 0 Å². The molecule has 0 saturated carbocycles. The summed E-state index contributed by atoms with van der Waals surface area (Å²) in [5.41, 5.74) is 1.59. The highest BCUT2D eigenvalue weighted by Crippen LogP contribution is 2.23. The number of carboxylic acid groups (broad SMARTS) is 1. The van der Waals surface area contributed by atoms with E-state index < -0.39 is 24.5 Å². The molecular weight excluding hydrogens is 212 g/mol. The van der Waals surface area contributed by atoms with Crippen LogP contribution in [0.25, 0.3) is 0 Å². The van der Waals surface area contributed by atoms with Gasteiger partial charge in [-0.05, 0) is 25.5 Å². The number of aryl methyl sites for hydroxylation is 2. The van der Waals surface area contributed by atoms with Gasteiger partial charge in [0.15, 0.2) is 0 Å². The third-order valence-corrected chi connectivity index (χ3v) is 2.54. The summed E-state index contributed by atoms with van der Waals surface area (Å²) in [6.45, 7) is 2.82. The van der Waals surface area contributed by atoms with Gasteiger partial charge >= 0.3 is 12.0 Å². The summed E-state index contributed by atoms with van der Waals surface area (Å²) in [6, 6.07) is 1.14. The molecule has 6 nitrogen and oxygen atoms in total. The number of amides is 2. The number of carbonyl (C=O) groups excluding carboxylic acids is 2. The first kappa shape index (κ1) is 10.4. The average Bonchev–Trinajstić information content (AvgIpc) is 2.58. The average molecular weight is 222 g/mol. The van der Waals surface area contributed by atoms with E-state index in [2.05, 4.69) is 0 Å². The molecule has 6 heteroatoms. The van der Waals surface area contributed by atoms with Gasteiger partial charge in [0.2, 0.25) is 0 Å². The lowest BCUT2D eigenvalue weighted by molar-refractivity contribution is -0.137. The molecule has 1 aromatic rings. The summed E-state index contributed by atoms with van der Waals surface area (Å²) in [5.74, 6) is -1.75. The standard InChI is InChI=1S/C10H10N2O4/c1-5-3-6(2)12-8(5)9(15)11(10(12)16)4-7(13)14/h3H,4H2,1-2H3,(H,13,14). The van der Waals surface area contributed by atoms with E-state index >= 15 is 0 Å². The molecule has 2 heterocycles. The maximum atomic E-state index is 11.8. The molecule has 0 saturated heterocycles. The van der Waals surface area contributed by atoms with Crippen LogP contribution in [0.3, 0.4) is 0 Å². The van der Waals surface area contributed by atoms with Crippen LogP contribution in [0.1, 0.15) is 21.7 Å². The van der Waals surface area contributed by atoms with E-state index in [-0.39, 0.29) is 5.69 Å². The Morgan fingerprint density at radius 1 is 1.38 bits per heavy atom. The predicted molar refractivity (Wildman–Crippen MR) is 53.4 cm³/mol. The lowest BCUT2D eigenvalue weighted by atomic mass is 10.2. The fourth-order valence-electron chi connectivity index (χ4n) is 1.92. The highest BCUT2D eigenvalue weighted by molar-refractivity contribution is 6.13. The van der Waals surface area contributed by atoms with Gasteiger partial charge in [0.1, 0.15) is 12.2 Å². The van der Waals surface area contributed by atoms with Crippen molar-refractivity contribution in [3.05, 3.63) is 23.0 Å². The first-order valence-electron chi connectivity index (χ1n) is 4.70. The molecule has 84 valence electrons. The molecule has 16 heavy (non-hydrogen) atoms. The van der Waals surface area contributed by atoms with Gasteiger partial charge in [0.25, 0.3) is 5.91 Å². The van der Waals surface area contributed by atoms with Crippen molar-refractivity contribution in [2.24, 2.45) is 0 Å². The summed E-state index contributed by atoms with van der Waals surface area (Å²) < 4.78 is 1.25. The van der Waals surface area contributed by atoms with E-state index in [0.717, 1.165) is 4.90 Å². The molecule has 0 aromatic carbocycles. The second kappa shape index (κ2) is 3.19. The summed E-state index contributed by atoms with van der Waals surface area (Å²) in [7, 11) is 0. The number of rotatable bonds is 2. The van der Waals surface area contributed by atoms with E-state index in [1.165, 1.54) is 4.57 Å². The number of hydrogen-bond acceptors (Lipinski definition) is 3. The summed E-state index contributed by atoms with van der Waals surface area (Å²) in [5, 5.41) is 8.61. The van der Waals surface area contributed by atoms with Gasteiger partial charge in [-0.3, -0.25) is 14.2 Å². The second-order valence-corrected chi connectivity index (χ2v) is 3.72. The van der Waals surface area contributed by atoms with Gasteiger partial charge in [0, 0.05) is 5.69 Å². The Labute approximate surface area is 91.1 Å². The van der Waals surface area contributed by atoms with Crippen molar-refractivity contribution in [3.63, 3.8) is 0 Å². The summed E-state index contributed by atoms with van der Waals surface area (Å²) >= 11 is 0. The highest BCUT2D eigenvalue weighted by atomic mass is 16.4. The third kappa shape index (κ3) is 1.23. The van der Waals surface area contributed by atoms with Crippen molar-refractivity contribution in [2.75, 3.05) is 6.54 Å². The number of imide groups is 1. The molecule has 0 radical (unpaired) electrons. The van der Waals surface area contributed by atoms with Crippen molar-refractivity contribution in [3.8, 4) is 0 Å². The molecule has 0 atom stereocenters. The van der Waals surface area contributed by atoms with Crippen LogP contribution in [0.2, 0.25) is 0 Å². The van der Waals surface area contributed by atoms with Crippen LogP contribution in [0.4, 0.5) is 4.79 Å². The largest absolute Gasteiger partial charge is 0.480 e. The smallest absolute Gasteiger partial charge is 0.336 e. The lowest BCUT2D eigenvalue weighted by Gasteiger charge is -2.09. The number of nitrogens with zero attached hydrogens (tertiary/aromatic N) is 2. The second-order valence-electron chi connectivity index (χ2n) is 3.72. The van der Waals surface area contributed by atoms with Crippen molar-refractivity contribution < 1.29 is 19.5 Å². The van der Waals surface area contributed by atoms with Gasteiger partial charge in [-0.15, -0.1) is 0 Å². The number of hydrogen-bond donors (Lipinski definition) is 1. The van der Waals surface area contributed by atoms with Gasteiger partial charge in [-0.2, -0.15) is 0 Å². The fraction of sp³-hybridized carbons (Fsp3) is 0.300. The van der Waals surface area contributed by atoms with E-state index in [4.69, 9.17) is 5.11 Å². The Morgan fingerprint density at radius 3 is 2.50 bits per heavy atom. The van der Waals surface area contributed by atoms with E-state index in [1.807, 2.05) is 0 Å². The Morgan fingerprint density at radius 2 is 2.00 bits per heavy atom. The van der Waals surface area contributed by atoms with Gasteiger partial charge in [-0.25, -0.2) is 9.69 Å². The SMILES string of the molecule is Cc1cc(C)n2c1C(=O)N(CC(=O)O)C2=O. The Kier molecular flexibility index (Phi) is 2.08. The van der Waals surface area contributed by atoms with Crippen LogP contribution in [-0.2, 0) is 4.79 Å². The minimum atomic E-state index is -1.21. The molecule has 2 rings (SSSR count). The molecule has 0 aliphatic carbocycles. The van der Waals surface area contributed by atoms with Crippen LogP contribution in [-0.4, -0.2) is 39.0 Å². The van der Waals surface area contributed by atoms with Crippen molar-refractivity contribution in [1.82, 2.24) is 9.47 Å². The normalized spacial score (nSPS) is 14.5. The molecule has 0 fully saturated rings. The molecule has 1 aliphatic rings. The van der Waals surface area contributed by atoms with Crippen molar-refractivity contribution in [2.45, 2.75) is 13.8 Å². The molecule has 1 N–H and O–H groups in total. The van der Waals surface area contributed by atoms with Crippen LogP contribution >= 0.6 is 0 Å². The summed E-state index contributed by atoms with van der Waals surface area (Å²) in [4.78, 5) is 34.8. The number of fused-ring (bicyclic) bond motifs is 1. The molecule has 1 aromatic heterocycles. The van der Waals surface area contributed by atoms with E-state index in [1.54, 1.807) is 19.9 Å². The number of carboxylic acids is 1. The first-order valence-corrected chi connectivity index (χ1v) is 4.70. The fourth-order valence-corrected chi connectivity index (χ4v) is 1.92. The monoisotopic (exact) mass is 222 g/mol. The van der Waals surface area contributed by atoms with E-state index in [0.29, 0.717) is 11.3 Å². The van der Waals surface area contributed by atoms with Gasteiger partial charge < -0.3 is 5.11 Å². The maximum absolute atomic E-state index is 11.8. The van der Waals surface area contributed by atoms with Crippen LogP contribution < -0.4 is 0 Å². The van der Waals surface area contributed by atoms with Crippen LogP contribution in [0.15, 0.2) is 6.07 Å². The quantitative estimate of drug-likeness (QED) is 0.795. The zero-order valence-electron chi connectivity index (χ0n) is 8.85. The van der Waals surface area contributed by atoms with E-state index in [9.17, 15) is 14.4 Å². The Balaban J connectivity index is 2.49. The molecule has 0 unspecified atom stereocenters. The minimum Gasteiger partial charge on any atom is -0.480 e.